The van der Waals surface area contributed by atoms with Crippen LogP contribution in [0.5, 0.6) is 0 Å². The lowest BCUT2D eigenvalue weighted by molar-refractivity contribution is -0.142. The number of benzene rings is 1. The van der Waals surface area contributed by atoms with Gasteiger partial charge < -0.3 is 14.7 Å². The van der Waals surface area contributed by atoms with Gasteiger partial charge >= 0.3 is 0 Å². The highest BCUT2D eigenvalue weighted by Crippen LogP contribution is 2.60. The van der Waals surface area contributed by atoms with Crippen molar-refractivity contribution >= 4 is 17.4 Å². The zero-order valence-electron chi connectivity index (χ0n) is 15.9. The van der Waals surface area contributed by atoms with E-state index >= 15 is 0 Å². The zero-order valence-corrected chi connectivity index (χ0v) is 15.9. The number of fused-ring (bicyclic) bond motifs is 6. The summed E-state index contributed by atoms with van der Waals surface area (Å²) >= 11 is 0. The quantitative estimate of drug-likeness (QED) is 0.686. The third kappa shape index (κ3) is 1.88. The average Bonchev–Trinajstić information content (AvgIpc) is 2.90. The maximum atomic E-state index is 13.8. The number of rotatable bonds is 0. The van der Waals surface area contributed by atoms with Gasteiger partial charge in [0.15, 0.2) is 0 Å². The van der Waals surface area contributed by atoms with Crippen molar-refractivity contribution in [3.63, 3.8) is 0 Å². The van der Waals surface area contributed by atoms with Gasteiger partial charge in [-0.25, -0.2) is 0 Å². The minimum atomic E-state index is -0.858. The summed E-state index contributed by atoms with van der Waals surface area (Å²) in [6, 6.07) is 7.52. The first-order valence-electron chi connectivity index (χ1n) is 10.2. The van der Waals surface area contributed by atoms with Crippen molar-refractivity contribution in [2.24, 2.45) is 11.8 Å². The molecule has 1 aliphatic carbocycles. The molecule has 1 spiro atoms. The van der Waals surface area contributed by atoms with Gasteiger partial charge in [-0.15, -0.1) is 0 Å². The molecular weight excluding hydrogens is 356 g/mol. The summed E-state index contributed by atoms with van der Waals surface area (Å²) in [6.45, 7) is 1.09. The van der Waals surface area contributed by atoms with E-state index in [0.717, 1.165) is 11.3 Å². The van der Waals surface area contributed by atoms with Crippen LogP contribution in [0.2, 0.25) is 0 Å². The monoisotopic (exact) mass is 380 g/mol. The number of aliphatic hydroxyl groups excluding tert-OH is 1. The number of carbonyl (C=O) groups is 2. The topological polar surface area (TPSA) is 70.1 Å². The van der Waals surface area contributed by atoms with E-state index in [1.165, 1.54) is 5.57 Å². The highest BCUT2D eigenvalue weighted by atomic mass is 16.5. The van der Waals surface area contributed by atoms with Gasteiger partial charge in [-0.05, 0) is 24.6 Å². The Morgan fingerprint density at radius 2 is 2.04 bits per heavy atom. The molecular formula is C22H24N2O4. The maximum Gasteiger partial charge on any atom is 0.229 e. The van der Waals surface area contributed by atoms with E-state index in [-0.39, 0.29) is 35.7 Å². The van der Waals surface area contributed by atoms with Crippen LogP contribution in [0.15, 0.2) is 35.9 Å². The lowest BCUT2D eigenvalue weighted by atomic mass is 9.55. The Balaban J connectivity index is 1.67. The third-order valence-corrected chi connectivity index (χ3v) is 7.81. The number of likely N-dealkylation sites (N-methyl/N-ethyl adjacent to an activating group) is 1. The molecule has 4 fully saturated rings. The SMILES string of the molecule is CN1CC2=CCO[C@H]3CC(=O)N4c5ccccc5[C@]5(C[C@@H]1O)C(=O)C[C@@H]2[C@@H]3[C@H]45. The minimum absolute atomic E-state index is 0.0274. The highest BCUT2D eigenvalue weighted by molar-refractivity contribution is 6.06. The lowest BCUT2D eigenvalue weighted by Gasteiger charge is -2.53. The number of hydrogen-bond donors (Lipinski definition) is 1. The van der Waals surface area contributed by atoms with Gasteiger partial charge in [-0.2, -0.15) is 0 Å². The Morgan fingerprint density at radius 1 is 1.21 bits per heavy atom. The molecule has 7 rings (SSSR count). The minimum Gasteiger partial charge on any atom is -0.378 e. The predicted molar refractivity (Wildman–Crippen MR) is 102 cm³/mol. The summed E-state index contributed by atoms with van der Waals surface area (Å²) in [4.78, 5) is 30.8. The Labute approximate surface area is 163 Å². The van der Waals surface area contributed by atoms with E-state index in [2.05, 4.69) is 6.08 Å². The summed E-state index contributed by atoms with van der Waals surface area (Å²) in [5.41, 5.74) is 2.06. The third-order valence-electron chi connectivity index (χ3n) is 7.81. The molecule has 6 aliphatic rings. The summed E-state index contributed by atoms with van der Waals surface area (Å²) in [6.07, 6.45) is 2.30. The number of carbonyl (C=O) groups excluding carboxylic acids is 2. The van der Waals surface area contributed by atoms with Crippen molar-refractivity contribution in [1.82, 2.24) is 4.90 Å². The average molecular weight is 380 g/mol. The standard InChI is InChI=1S/C22H24N2O4/c1-23-11-12-6-7-28-16-9-18(26)24-15-5-3-2-4-14(15)22(10-19(23)27)17(25)8-13(12)20(16)21(22)24/h2-6,13,16,19-21,27H,7-11H2,1H3/t13-,16-,19-,20-,21-,22+/m0/s1. The van der Waals surface area contributed by atoms with Gasteiger partial charge in [0.1, 0.15) is 12.0 Å². The van der Waals surface area contributed by atoms with Crippen LogP contribution < -0.4 is 4.90 Å². The molecule has 0 radical (unpaired) electrons. The number of amides is 1. The summed E-state index contributed by atoms with van der Waals surface area (Å²) < 4.78 is 6.16. The predicted octanol–water partition coefficient (Wildman–Crippen LogP) is 1.23. The van der Waals surface area contributed by atoms with Crippen LogP contribution in [0.4, 0.5) is 5.69 Å². The fourth-order valence-electron chi connectivity index (χ4n) is 6.64. The Hall–Kier alpha value is -2.02. The molecule has 3 saturated heterocycles. The number of para-hydroxylation sites is 1. The van der Waals surface area contributed by atoms with Gasteiger partial charge in [-0.1, -0.05) is 29.8 Å². The molecule has 5 aliphatic heterocycles. The molecule has 5 heterocycles. The van der Waals surface area contributed by atoms with Crippen molar-refractivity contribution in [2.75, 3.05) is 25.1 Å². The van der Waals surface area contributed by atoms with Crippen LogP contribution in [0, 0.1) is 11.8 Å². The molecule has 1 aromatic rings. The van der Waals surface area contributed by atoms with Crippen molar-refractivity contribution in [3.8, 4) is 0 Å². The Morgan fingerprint density at radius 3 is 2.89 bits per heavy atom. The number of Topliss-reactive ketones (excluding diaryl/α,β-unsaturated/α-hetero) is 1. The van der Waals surface area contributed by atoms with Crippen LogP contribution in [0.25, 0.3) is 0 Å². The van der Waals surface area contributed by atoms with Crippen LogP contribution >= 0.6 is 0 Å². The largest absolute Gasteiger partial charge is 0.378 e. The molecule has 6 heteroatoms. The molecule has 6 atom stereocenters. The molecule has 146 valence electrons. The molecule has 4 bridgehead atoms. The molecule has 1 saturated carbocycles. The highest BCUT2D eigenvalue weighted by Gasteiger charge is 2.68. The van der Waals surface area contributed by atoms with E-state index in [9.17, 15) is 14.7 Å². The van der Waals surface area contributed by atoms with E-state index < -0.39 is 11.6 Å². The number of anilines is 1. The van der Waals surface area contributed by atoms with Crippen molar-refractivity contribution in [1.29, 1.82) is 0 Å². The van der Waals surface area contributed by atoms with Crippen LogP contribution in [-0.4, -0.2) is 60.3 Å². The normalized spacial score (nSPS) is 41.7. The molecule has 1 aromatic carbocycles. The van der Waals surface area contributed by atoms with E-state index in [1.54, 1.807) is 0 Å². The smallest absolute Gasteiger partial charge is 0.229 e. The zero-order chi connectivity index (χ0) is 19.2. The molecule has 6 nitrogen and oxygen atoms in total. The Bertz CT molecular complexity index is 927. The van der Waals surface area contributed by atoms with Crippen LogP contribution in [-0.2, 0) is 19.7 Å². The van der Waals surface area contributed by atoms with E-state index in [0.29, 0.717) is 32.4 Å². The number of hydrogen-bond acceptors (Lipinski definition) is 5. The van der Waals surface area contributed by atoms with Crippen LogP contribution in [0.3, 0.4) is 0 Å². The Kier molecular flexibility index (Phi) is 3.33. The second kappa shape index (κ2) is 5.53. The summed E-state index contributed by atoms with van der Waals surface area (Å²) in [5, 5.41) is 11.1. The number of ether oxygens (including phenoxy) is 1. The number of aliphatic hydroxyl groups is 1. The summed E-state index contributed by atoms with van der Waals surface area (Å²) in [7, 11) is 1.91. The number of ketones is 1. The first kappa shape index (κ1) is 16.9. The first-order valence-corrected chi connectivity index (χ1v) is 10.2. The van der Waals surface area contributed by atoms with Gasteiger partial charge in [0, 0.05) is 31.0 Å². The number of nitrogens with zero attached hydrogens (tertiary/aromatic N) is 2. The summed E-state index contributed by atoms with van der Waals surface area (Å²) in [5.74, 6) is 0.329. The lowest BCUT2D eigenvalue weighted by Crippen LogP contribution is -2.66. The maximum absolute atomic E-state index is 13.8. The second-order valence-corrected chi connectivity index (χ2v) is 8.96. The van der Waals surface area contributed by atoms with Gasteiger partial charge in [0.25, 0.3) is 0 Å². The van der Waals surface area contributed by atoms with Crippen molar-refractivity contribution < 1.29 is 19.4 Å². The van der Waals surface area contributed by atoms with Gasteiger partial charge in [-0.3, -0.25) is 14.5 Å². The first-order chi connectivity index (χ1) is 13.5. The van der Waals surface area contributed by atoms with E-state index in [1.807, 2.05) is 41.1 Å². The molecule has 1 N–H and O–H groups in total. The molecule has 0 unspecified atom stereocenters. The molecule has 28 heavy (non-hydrogen) atoms. The fraction of sp³-hybridized carbons (Fsp3) is 0.545. The van der Waals surface area contributed by atoms with Crippen LogP contribution in [0.1, 0.15) is 24.8 Å². The van der Waals surface area contributed by atoms with Crippen molar-refractivity contribution in [3.05, 3.63) is 41.5 Å². The van der Waals surface area contributed by atoms with Gasteiger partial charge in [0.2, 0.25) is 5.91 Å². The fourth-order valence-corrected chi connectivity index (χ4v) is 6.64. The molecule has 0 aromatic heterocycles. The van der Waals surface area contributed by atoms with Crippen molar-refractivity contribution in [2.45, 2.75) is 43.1 Å². The van der Waals surface area contributed by atoms with Gasteiger partial charge in [0.05, 0.1) is 30.6 Å². The van der Waals surface area contributed by atoms with E-state index in [4.69, 9.17) is 4.74 Å². The number of piperidine rings is 1. The second-order valence-electron chi connectivity index (χ2n) is 8.96. The molecule has 1 amide bonds.